The molecule has 4 aromatic carbocycles. The van der Waals surface area contributed by atoms with Gasteiger partial charge >= 0.3 is 0 Å². The minimum absolute atomic E-state index is 0.0752. The van der Waals surface area contributed by atoms with E-state index in [2.05, 4.69) is 63.8 Å². The fraction of sp³-hybridized carbons (Fsp3) is 0.289. The molecule has 6 aromatic rings. The average Bonchev–Trinajstić information content (AvgIpc) is 4.05. The minimum atomic E-state index is -0.338. The Morgan fingerprint density at radius 3 is 1.93 bits per heavy atom. The lowest BCUT2D eigenvalue weighted by atomic mass is 9.94. The van der Waals surface area contributed by atoms with Crippen LogP contribution in [0.5, 0.6) is 0 Å². The van der Waals surface area contributed by atoms with Crippen molar-refractivity contribution in [2.24, 2.45) is 5.92 Å². The molecule has 3 N–H and O–H groups in total. The Bertz CT molecular complexity index is 2170. The smallest absolute Gasteiger partial charge is 0.245 e. The van der Waals surface area contributed by atoms with Crippen molar-refractivity contribution in [2.75, 3.05) is 20.6 Å². The van der Waals surface area contributed by atoms with E-state index < -0.39 is 0 Å². The van der Waals surface area contributed by atoms with E-state index in [9.17, 15) is 9.59 Å². The Kier molecular flexibility index (Phi) is 10.2. The fourth-order valence-electron chi connectivity index (χ4n) is 8.29. The molecule has 9 nitrogen and oxygen atoms in total. The Labute approximate surface area is 316 Å². The summed E-state index contributed by atoms with van der Waals surface area (Å²) in [5.74, 6) is 1.95. The molecule has 54 heavy (non-hydrogen) atoms. The number of nitrogens with zero attached hydrogens (tertiary/aromatic N) is 4. The van der Waals surface area contributed by atoms with E-state index in [1.54, 1.807) is 0 Å². The molecule has 0 radical (unpaired) electrons. The molecular formula is C45H47N7O2. The van der Waals surface area contributed by atoms with Crippen molar-refractivity contribution < 1.29 is 9.59 Å². The van der Waals surface area contributed by atoms with Crippen molar-refractivity contribution in [2.45, 2.75) is 56.7 Å². The van der Waals surface area contributed by atoms with Crippen LogP contribution in [0.1, 0.15) is 72.9 Å². The molecule has 1 aliphatic heterocycles. The maximum absolute atomic E-state index is 13.9. The number of aromatic nitrogens is 4. The maximum Gasteiger partial charge on any atom is 0.245 e. The molecule has 2 aromatic heterocycles. The number of carbonyl (C=O) groups excluding carboxylic acids is 2. The summed E-state index contributed by atoms with van der Waals surface area (Å²) < 4.78 is 0. The van der Waals surface area contributed by atoms with Gasteiger partial charge in [0.1, 0.15) is 17.7 Å². The lowest BCUT2D eigenvalue weighted by Gasteiger charge is -2.31. The van der Waals surface area contributed by atoms with Crippen LogP contribution >= 0.6 is 0 Å². The zero-order chi connectivity index (χ0) is 37.0. The third-order valence-corrected chi connectivity index (χ3v) is 11.1. The number of rotatable bonds is 11. The second-order valence-corrected chi connectivity index (χ2v) is 14.8. The Balaban J connectivity index is 0.908. The fourth-order valence-corrected chi connectivity index (χ4v) is 8.29. The first-order valence-corrected chi connectivity index (χ1v) is 19.1. The molecule has 2 amide bonds. The van der Waals surface area contributed by atoms with Crippen LogP contribution in [0.25, 0.3) is 33.6 Å². The van der Waals surface area contributed by atoms with Crippen molar-refractivity contribution in [3.63, 3.8) is 0 Å². The van der Waals surface area contributed by atoms with Crippen LogP contribution in [0.2, 0.25) is 0 Å². The second kappa shape index (κ2) is 15.7. The highest BCUT2D eigenvalue weighted by Gasteiger charge is 2.37. The van der Waals surface area contributed by atoms with Crippen molar-refractivity contribution >= 4 is 11.8 Å². The van der Waals surface area contributed by atoms with Crippen LogP contribution in [-0.4, -0.2) is 62.2 Å². The number of nitrogens with one attached hydrogen (secondary N) is 3. The van der Waals surface area contributed by atoms with Gasteiger partial charge in [0.15, 0.2) is 0 Å². The molecule has 274 valence electrons. The predicted molar refractivity (Wildman–Crippen MR) is 212 cm³/mol. The van der Waals surface area contributed by atoms with Gasteiger partial charge in [0.2, 0.25) is 11.8 Å². The van der Waals surface area contributed by atoms with E-state index in [0.29, 0.717) is 6.54 Å². The van der Waals surface area contributed by atoms with Crippen LogP contribution in [0.4, 0.5) is 0 Å². The molecule has 0 bridgehead atoms. The monoisotopic (exact) mass is 717 g/mol. The summed E-state index contributed by atoms with van der Waals surface area (Å²) in [5.41, 5.74) is 8.34. The van der Waals surface area contributed by atoms with Crippen LogP contribution < -0.4 is 5.32 Å². The molecule has 1 saturated carbocycles. The summed E-state index contributed by atoms with van der Waals surface area (Å²) in [5, 5.41) is 3.14. The number of benzene rings is 4. The number of carbonyl (C=O) groups is 2. The summed E-state index contributed by atoms with van der Waals surface area (Å²) in [6, 6.07) is 36.6. The quantitative estimate of drug-likeness (QED) is 0.125. The summed E-state index contributed by atoms with van der Waals surface area (Å²) in [6.45, 7) is 1.27. The third-order valence-electron chi connectivity index (χ3n) is 11.1. The van der Waals surface area contributed by atoms with Gasteiger partial charge in [-0.2, -0.15) is 0 Å². The molecule has 2 fully saturated rings. The van der Waals surface area contributed by atoms with E-state index in [0.717, 1.165) is 95.1 Å². The highest BCUT2D eigenvalue weighted by molar-refractivity contribution is 5.84. The van der Waals surface area contributed by atoms with Crippen LogP contribution in [0, 0.1) is 5.92 Å². The SMILES string of the molecule is CN(C)[C@@H](C(=O)N1CCC[C@H]1c1ncc(-c2ccc(-c3ccc(-c4cnc([C@@H]5CCC[C@@H]5C(=O)NCc5ccccc5)[nH]4)cc3)cc2)[nH]1)c1ccccc1. The van der Waals surface area contributed by atoms with Gasteiger partial charge in [-0.05, 0) is 73.2 Å². The number of H-pyrrole nitrogens is 2. The largest absolute Gasteiger partial charge is 0.352 e. The van der Waals surface area contributed by atoms with Gasteiger partial charge in [0.25, 0.3) is 0 Å². The molecule has 0 spiro atoms. The maximum atomic E-state index is 13.9. The number of amides is 2. The number of likely N-dealkylation sites (tertiary alicyclic amines) is 1. The standard InChI is InChI=1S/C45H47N7O2/c1-51(2)41(35-13-7-4-8-14-35)45(54)52-26-10-17-40(52)43-47-29-39(50-43)34-24-20-32(21-25-34)31-18-22-33(23-19-31)38-28-46-42(49-38)36-15-9-16-37(36)44(53)48-27-30-11-5-3-6-12-30/h3-8,11-14,18-25,28-29,36-37,40-41H,9-10,15-17,26-27H2,1-2H3,(H,46,49)(H,47,50)(H,48,53)/t36-,37+,40+,41-/m1/s1. The number of hydrogen-bond acceptors (Lipinski definition) is 5. The zero-order valence-electron chi connectivity index (χ0n) is 30.9. The first-order chi connectivity index (χ1) is 26.4. The van der Waals surface area contributed by atoms with Crippen molar-refractivity contribution in [1.29, 1.82) is 0 Å². The first-order valence-electron chi connectivity index (χ1n) is 19.1. The van der Waals surface area contributed by atoms with Gasteiger partial charge in [0.05, 0.1) is 29.8 Å². The highest BCUT2D eigenvalue weighted by atomic mass is 16.2. The van der Waals surface area contributed by atoms with Gasteiger partial charge in [-0.15, -0.1) is 0 Å². The molecule has 4 atom stereocenters. The molecule has 9 heteroatoms. The van der Waals surface area contributed by atoms with E-state index in [1.165, 1.54) is 0 Å². The van der Waals surface area contributed by atoms with Gasteiger partial charge < -0.3 is 20.2 Å². The summed E-state index contributed by atoms with van der Waals surface area (Å²) in [4.78, 5) is 47.6. The number of hydrogen-bond donors (Lipinski definition) is 3. The molecule has 3 heterocycles. The third kappa shape index (κ3) is 7.37. The van der Waals surface area contributed by atoms with Crippen LogP contribution in [0.3, 0.4) is 0 Å². The lowest BCUT2D eigenvalue weighted by molar-refractivity contribution is -0.137. The Morgan fingerprint density at radius 2 is 1.30 bits per heavy atom. The molecule has 8 rings (SSSR count). The van der Waals surface area contributed by atoms with E-state index in [1.807, 2.05) is 97.0 Å². The van der Waals surface area contributed by atoms with Gasteiger partial charge in [-0.1, -0.05) is 116 Å². The topological polar surface area (TPSA) is 110 Å². The molecule has 1 aliphatic carbocycles. The molecule has 0 unspecified atom stereocenters. The first kappa shape index (κ1) is 35.2. The van der Waals surface area contributed by atoms with E-state index in [-0.39, 0.29) is 35.7 Å². The molecule has 2 aliphatic rings. The number of likely N-dealkylation sites (N-methyl/N-ethyl adjacent to an activating group) is 1. The van der Waals surface area contributed by atoms with Crippen LogP contribution in [-0.2, 0) is 16.1 Å². The zero-order valence-corrected chi connectivity index (χ0v) is 30.9. The molecular weight excluding hydrogens is 671 g/mol. The van der Waals surface area contributed by atoms with Crippen LogP contribution in [0.15, 0.2) is 122 Å². The molecule has 1 saturated heterocycles. The predicted octanol–water partition coefficient (Wildman–Crippen LogP) is 8.30. The lowest BCUT2D eigenvalue weighted by Crippen LogP contribution is -2.40. The average molecular weight is 718 g/mol. The Morgan fingerprint density at radius 1 is 0.722 bits per heavy atom. The number of aromatic amines is 2. The van der Waals surface area contributed by atoms with Crippen molar-refractivity contribution in [3.8, 4) is 33.6 Å². The van der Waals surface area contributed by atoms with Crippen molar-refractivity contribution in [1.82, 2.24) is 35.1 Å². The normalized spacial score (nSPS) is 18.9. The second-order valence-electron chi connectivity index (χ2n) is 14.8. The summed E-state index contributed by atoms with van der Waals surface area (Å²) in [6.07, 6.45) is 8.45. The number of imidazole rings is 2. The van der Waals surface area contributed by atoms with E-state index >= 15 is 0 Å². The highest BCUT2D eigenvalue weighted by Crippen LogP contribution is 2.40. The Hall–Kier alpha value is -5.80. The van der Waals surface area contributed by atoms with Crippen molar-refractivity contribution in [3.05, 3.63) is 144 Å². The summed E-state index contributed by atoms with van der Waals surface area (Å²) in [7, 11) is 3.92. The van der Waals surface area contributed by atoms with Gasteiger partial charge in [0, 0.05) is 24.9 Å². The van der Waals surface area contributed by atoms with E-state index in [4.69, 9.17) is 9.97 Å². The van der Waals surface area contributed by atoms with Gasteiger partial charge in [-0.3, -0.25) is 14.5 Å². The van der Waals surface area contributed by atoms with Gasteiger partial charge in [-0.25, -0.2) is 9.97 Å². The minimum Gasteiger partial charge on any atom is -0.352 e. The summed E-state index contributed by atoms with van der Waals surface area (Å²) >= 11 is 0.